The molecule has 1 aliphatic heterocycles. The highest BCUT2D eigenvalue weighted by Crippen LogP contribution is 2.26. The first-order chi connectivity index (χ1) is 12.7. The monoisotopic (exact) mass is 356 g/mol. The number of nitrogens with one attached hydrogen (secondary N) is 1. The summed E-state index contributed by atoms with van der Waals surface area (Å²) in [5.74, 6) is -0.0159. The van der Waals surface area contributed by atoms with Gasteiger partial charge in [0.1, 0.15) is 6.04 Å². The Morgan fingerprint density at radius 3 is 2.92 bits per heavy atom. The van der Waals surface area contributed by atoms with Crippen molar-refractivity contribution in [1.29, 1.82) is 0 Å². The van der Waals surface area contributed by atoms with Crippen molar-refractivity contribution in [2.45, 2.75) is 70.7 Å². The third kappa shape index (κ3) is 3.67. The Hall–Kier alpha value is -2.15. The van der Waals surface area contributed by atoms with Crippen molar-refractivity contribution in [3.8, 4) is 0 Å². The molecule has 1 atom stereocenters. The second-order valence-electron chi connectivity index (χ2n) is 7.52. The Kier molecular flexibility index (Phi) is 5.06. The van der Waals surface area contributed by atoms with Crippen LogP contribution in [-0.4, -0.2) is 42.7 Å². The predicted molar refractivity (Wildman–Crippen MR) is 98.3 cm³/mol. The Labute approximate surface area is 154 Å². The summed E-state index contributed by atoms with van der Waals surface area (Å²) >= 11 is 0. The Morgan fingerprint density at radius 1 is 1.31 bits per heavy atom. The second-order valence-corrected chi connectivity index (χ2v) is 7.52. The molecule has 7 heteroatoms. The van der Waals surface area contributed by atoms with E-state index in [9.17, 15) is 4.79 Å². The number of hydrogen-bond donors (Lipinski definition) is 1. The van der Waals surface area contributed by atoms with Crippen molar-refractivity contribution in [3.63, 3.8) is 0 Å². The average molecular weight is 356 g/mol. The number of imidazole rings is 1. The maximum absolute atomic E-state index is 12.3. The van der Waals surface area contributed by atoms with Gasteiger partial charge in [0.15, 0.2) is 0 Å². The summed E-state index contributed by atoms with van der Waals surface area (Å²) in [5.41, 5.74) is 2.21. The molecular formula is C19H28N6O. The van der Waals surface area contributed by atoms with E-state index in [0.29, 0.717) is 6.54 Å². The lowest BCUT2D eigenvalue weighted by Crippen LogP contribution is -2.42. The van der Waals surface area contributed by atoms with E-state index < -0.39 is 0 Å². The molecular weight excluding hydrogens is 328 g/mol. The molecule has 1 fully saturated rings. The fourth-order valence-electron chi connectivity index (χ4n) is 4.15. The normalized spacial score (nSPS) is 19.9. The number of amides is 1. The van der Waals surface area contributed by atoms with Gasteiger partial charge in [-0.15, -0.1) is 0 Å². The summed E-state index contributed by atoms with van der Waals surface area (Å²) in [6, 6.07) is 2.63. The number of rotatable bonds is 5. The topological polar surface area (TPSA) is 68.0 Å². The fraction of sp³-hybridized carbons (Fsp3) is 0.632. The van der Waals surface area contributed by atoms with Gasteiger partial charge in [0.25, 0.3) is 0 Å². The third-order valence-electron chi connectivity index (χ3n) is 5.76. The summed E-state index contributed by atoms with van der Waals surface area (Å²) in [6.07, 6.45) is 12.0. The maximum Gasteiger partial charge on any atom is 0.243 e. The first kappa shape index (κ1) is 17.3. The van der Waals surface area contributed by atoms with Crippen LogP contribution in [0, 0.1) is 0 Å². The predicted octanol–water partition coefficient (Wildman–Crippen LogP) is 2.11. The molecule has 0 saturated heterocycles. The SMILES string of the molecule is CC(C(=O)NCc1cc2n(n1)CCN(C1CCCCC1)C2)n1ccnc1. The lowest BCUT2D eigenvalue weighted by Gasteiger charge is -2.36. The van der Waals surface area contributed by atoms with E-state index in [1.165, 1.54) is 37.8 Å². The van der Waals surface area contributed by atoms with Crippen LogP contribution in [0.3, 0.4) is 0 Å². The molecule has 26 heavy (non-hydrogen) atoms. The van der Waals surface area contributed by atoms with E-state index in [0.717, 1.165) is 31.4 Å². The smallest absolute Gasteiger partial charge is 0.243 e. The maximum atomic E-state index is 12.3. The highest BCUT2D eigenvalue weighted by atomic mass is 16.2. The molecule has 3 heterocycles. The molecule has 0 spiro atoms. The standard InChI is InChI=1S/C19H28N6O/c1-15(24-8-7-20-14-24)19(26)21-12-16-11-18-13-23(9-10-25(18)22-16)17-5-3-2-4-6-17/h7-8,11,14-15,17H,2-6,9-10,12-13H2,1H3,(H,21,26). The van der Waals surface area contributed by atoms with Gasteiger partial charge in [0.2, 0.25) is 5.91 Å². The van der Waals surface area contributed by atoms with Crippen molar-refractivity contribution in [2.24, 2.45) is 0 Å². The van der Waals surface area contributed by atoms with Gasteiger partial charge in [-0.25, -0.2) is 4.98 Å². The molecule has 140 valence electrons. The summed E-state index contributed by atoms with van der Waals surface area (Å²) < 4.78 is 3.91. The number of fused-ring (bicyclic) bond motifs is 1. The van der Waals surface area contributed by atoms with Crippen LogP contribution in [0.2, 0.25) is 0 Å². The zero-order valence-electron chi connectivity index (χ0n) is 15.5. The van der Waals surface area contributed by atoms with Gasteiger partial charge < -0.3 is 9.88 Å². The van der Waals surface area contributed by atoms with Gasteiger partial charge in [-0.3, -0.25) is 14.4 Å². The van der Waals surface area contributed by atoms with Crippen LogP contribution >= 0.6 is 0 Å². The lowest BCUT2D eigenvalue weighted by molar-refractivity contribution is -0.124. The van der Waals surface area contributed by atoms with Gasteiger partial charge >= 0.3 is 0 Å². The summed E-state index contributed by atoms with van der Waals surface area (Å²) in [6.45, 7) is 5.36. The molecule has 2 aliphatic rings. The Bertz CT molecular complexity index is 731. The molecule has 1 N–H and O–H groups in total. The van der Waals surface area contributed by atoms with Crippen LogP contribution < -0.4 is 5.32 Å². The minimum Gasteiger partial charge on any atom is -0.349 e. The summed E-state index contributed by atoms with van der Waals surface area (Å²) in [5, 5.41) is 7.67. The fourth-order valence-corrected chi connectivity index (χ4v) is 4.15. The number of carbonyl (C=O) groups excluding carboxylic acids is 1. The molecule has 0 radical (unpaired) electrons. The molecule has 0 bridgehead atoms. The first-order valence-corrected chi connectivity index (χ1v) is 9.75. The van der Waals surface area contributed by atoms with Gasteiger partial charge in [0.05, 0.1) is 30.8 Å². The molecule has 4 rings (SSSR count). The lowest BCUT2D eigenvalue weighted by atomic mass is 9.94. The average Bonchev–Trinajstić information content (AvgIpc) is 3.35. The van der Waals surface area contributed by atoms with E-state index >= 15 is 0 Å². The van der Waals surface area contributed by atoms with Crippen molar-refractivity contribution in [3.05, 3.63) is 36.2 Å². The van der Waals surface area contributed by atoms with E-state index in [4.69, 9.17) is 0 Å². The third-order valence-corrected chi connectivity index (χ3v) is 5.76. The summed E-state index contributed by atoms with van der Waals surface area (Å²) in [7, 11) is 0. The highest BCUT2D eigenvalue weighted by Gasteiger charge is 2.26. The van der Waals surface area contributed by atoms with Crippen LogP contribution in [0.15, 0.2) is 24.8 Å². The molecule has 0 aromatic carbocycles. The minimum atomic E-state index is -0.267. The number of nitrogens with zero attached hydrogens (tertiary/aromatic N) is 5. The van der Waals surface area contributed by atoms with Gasteiger partial charge in [-0.05, 0) is 25.8 Å². The van der Waals surface area contributed by atoms with Crippen LogP contribution in [0.25, 0.3) is 0 Å². The second kappa shape index (κ2) is 7.61. The molecule has 7 nitrogen and oxygen atoms in total. The van der Waals surface area contributed by atoms with Crippen molar-refractivity contribution >= 4 is 5.91 Å². The highest BCUT2D eigenvalue weighted by molar-refractivity contribution is 5.79. The van der Waals surface area contributed by atoms with Gasteiger partial charge in [0, 0.05) is 31.5 Å². The Morgan fingerprint density at radius 2 is 2.15 bits per heavy atom. The van der Waals surface area contributed by atoms with E-state index in [1.807, 2.05) is 6.92 Å². The number of aromatic nitrogens is 4. The molecule has 1 saturated carbocycles. The minimum absolute atomic E-state index is 0.0159. The zero-order chi connectivity index (χ0) is 17.9. The quantitative estimate of drug-likeness (QED) is 0.891. The molecule has 1 amide bonds. The van der Waals surface area contributed by atoms with Crippen LogP contribution in [-0.2, 0) is 24.4 Å². The van der Waals surface area contributed by atoms with Crippen molar-refractivity contribution in [1.82, 2.24) is 29.5 Å². The van der Waals surface area contributed by atoms with Gasteiger partial charge in [-0.1, -0.05) is 19.3 Å². The zero-order valence-corrected chi connectivity index (χ0v) is 15.5. The molecule has 1 aliphatic carbocycles. The molecule has 2 aromatic rings. The van der Waals surface area contributed by atoms with Crippen LogP contribution in [0.4, 0.5) is 0 Å². The molecule has 2 aromatic heterocycles. The first-order valence-electron chi connectivity index (χ1n) is 9.75. The van der Waals surface area contributed by atoms with Crippen LogP contribution in [0.5, 0.6) is 0 Å². The molecule has 1 unspecified atom stereocenters. The number of carbonyl (C=O) groups is 1. The van der Waals surface area contributed by atoms with E-state index in [-0.39, 0.29) is 11.9 Å². The summed E-state index contributed by atoms with van der Waals surface area (Å²) in [4.78, 5) is 18.9. The van der Waals surface area contributed by atoms with Gasteiger partial charge in [-0.2, -0.15) is 5.10 Å². The van der Waals surface area contributed by atoms with Crippen molar-refractivity contribution < 1.29 is 4.79 Å². The Balaban J connectivity index is 1.33. The largest absolute Gasteiger partial charge is 0.349 e. The van der Waals surface area contributed by atoms with Crippen LogP contribution in [0.1, 0.15) is 56.5 Å². The number of hydrogen-bond acceptors (Lipinski definition) is 4. The van der Waals surface area contributed by atoms with E-state index in [1.54, 1.807) is 23.3 Å². The van der Waals surface area contributed by atoms with E-state index in [2.05, 4.69) is 31.0 Å². The van der Waals surface area contributed by atoms with Crippen molar-refractivity contribution in [2.75, 3.05) is 6.54 Å².